The van der Waals surface area contributed by atoms with E-state index in [1.54, 1.807) is 10.6 Å². The number of carbonyl (C=O) groups excluding carboxylic acids is 1. The lowest BCUT2D eigenvalue weighted by Gasteiger charge is -2.03. The average Bonchev–Trinajstić information content (AvgIpc) is 3.25. The third-order valence-corrected chi connectivity index (χ3v) is 5.81. The van der Waals surface area contributed by atoms with E-state index in [1.165, 1.54) is 29.7 Å². The molecule has 1 N–H and O–H groups in total. The van der Waals surface area contributed by atoms with E-state index in [2.05, 4.69) is 29.4 Å². The van der Waals surface area contributed by atoms with Gasteiger partial charge in [-0.15, -0.1) is 0 Å². The van der Waals surface area contributed by atoms with Crippen LogP contribution in [0.4, 0.5) is 5.13 Å². The molecule has 0 aliphatic heterocycles. The molecule has 2 heterocycles. The molecule has 0 bridgehead atoms. The molecule has 0 aliphatic rings. The minimum Gasteiger partial charge on any atom is -0.408 e. The number of nitrogens with zero attached hydrogens (tertiary/aromatic N) is 2. The summed E-state index contributed by atoms with van der Waals surface area (Å²) in [6.45, 7) is 2.62. The zero-order chi connectivity index (χ0) is 20.2. The maximum Gasteiger partial charge on any atom is 0.419 e. The van der Waals surface area contributed by atoms with Crippen LogP contribution in [0.25, 0.3) is 21.3 Å². The Hall–Kier alpha value is -2.93. The summed E-state index contributed by atoms with van der Waals surface area (Å²) in [5, 5.41) is 3.50. The molecule has 2 aromatic carbocycles. The maximum atomic E-state index is 12.3. The van der Waals surface area contributed by atoms with Crippen molar-refractivity contribution in [1.82, 2.24) is 9.55 Å². The van der Waals surface area contributed by atoms with E-state index >= 15 is 0 Å². The molecular weight excluding hydrogens is 386 g/mol. The normalized spacial score (nSPS) is 11.3. The van der Waals surface area contributed by atoms with Gasteiger partial charge in [-0.05, 0) is 49.1 Å². The van der Waals surface area contributed by atoms with E-state index in [9.17, 15) is 9.59 Å². The quantitative estimate of drug-likeness (QED) is 0.446. The number of para-hydroxylation sites is 2. The van der Waals surface area contributed by atoms with Gasteiger partial charge < -0.3 is 9.73 Å². The molecule has 1 amide bonds. The molecule has 0 radical (unpaired) electrons. The average molecular weight is 410 g/mol. The highest BCUT2D eigenvalue weighted by atomic mass is 32.1. The van der Waals surface area contributed by atoms with Crippen LogP contribution in [0.1, 0.15) is 38.2 Å². The summed E-state index contributed by atoms with van der Waals surface area (Å²) in [4.78, 5) is 28.8. The maximum absolute atomic E-state index is 12.3. The van der Waals surface area contributed by atoms with Crippen LogP contribution in [0.2, 0.25) is 0 Å². The number of amides is 1. The van der Waals surface area contributed by atoms with E-state index < -0.39 is 5.76 Å². The van der Waals surface area contributed by atoms with E-state index in [0.717, 1.165) is 22.2 Å². The topological polar surface area (TPSA) is 77.1 Å². The monoisotopic (exact) mass is 409 g/mol. The first kappa shape index (κ1) is 19.4. The fourth-order valence-corrected chi connectivity index (χ4v) is 4.31. The number of rotatable bonds is 8. The van der Waals surface area contributed by atoms with Crippen molar-refractivity contribution < 1.29 is 9.21 Å². The Morgan fingerprint density at radius 1 is 1.21 bits per heavy atom. The summed E-state index contributed by atoms with van der Waals surface area (Å²) in [6, 6.07) is 13.6. The van der Waals surface area contributed by atoms with Crippen LogP contribution in [0.15, 0.2) is 51.7 Å². The van der Waals surface area contributed by atoms with Gasteiger partial charge in [0.15, 0.2) is 10.7 Å². The summed E-state index contributed by atoms with van der Waals surface area (Å²) < 4.78 is 7.87. The third kappa shape index (κ3) is 4.40. The second kappa shape index (κ2) is 8.61. The van der Waals surface area contributed by atoms with Crippen LogP contribution >= 0.6 is 11.3 Å². The van der Waals surface area contributed by atoms with Gasteiger partial charge in [-0.3, -0.25) is 9.36 Å². The number of fused-ring (bicyclic) bond motifs is 2. The van der Waals surface area contributed by atoms with Crippen molar-refractivity contribution in [3.8, 4) is 0 Å². The molecule has 0 fully saturated rings. The van der Waals surface area contributed by atoms with Gasteiger partial charge in [-0.1, -0.05) is 42.9 Å². The van der Waals surface area contributed by atoms with Gasteiger partial charge in [0.25, 0.3) is 0 Å². The predicted octanol–water partition coefficient (Wildman–Crippen LogP) is 4.97. The van der Waals surface area contributed by atoms with Gasteiger partial charge in [0.2, 0.25) is 5.91 Å². The number of unbranched alkanes of at least 4 members (excludes halogenated alkanes) is 1. The summed E-state index contributed by atoms with van der Waals surface area (Å²) >= 11 is 1.50. The molecule has 4 aromatic rings. The zero-order valence-electron chi connectivity index (χ0n) is 16.3. The lowest BCUT2D eigenvalue weighted by atomic mass is 10.1. The Morgan fingerprint density at radius 2 is 2.07 bits per heavy atom. The van der Waals surface area contributed by atoms with Crippen molar-refractivity contribution in [3.05, 3.63) is 58.6 Å². The molecule has 0 atom stereocenters. The lowest BCUT2D eigenvalue weighted by molar-refractivity contribution is -0.116. The Kier molecular flexibility index (Phi) is 5.76. The Bertz CT molecular complexity index is 1200. The number of hydrogen-bond donors (Lipinski definition) is 1. The lowest BCUT2D eigenvalue weighted by Crippen LogP contribution is -2.17. The molecule has 0 unspecified atom stereocenters. The molecule has 150 valence electrons. The van der Waals surface area contributed by atoms with Crippen molar-refractivity contribution in [2.24, 2.45) is 0 Å². The number of anilines is 1. The van der Waals surface area contributed by atoms with Crippen LogP contribution in [-0.4, -0.2) is 15.5 Å². The SMILES string of the molecule is CCCCc1ccc2nc(NC(=O)CCCn3c(=O)oc4ccccc43)sc2c1. The minimum absolute atomic E-state index is 0.101. The number of carbonyl (C=O) groups is 1. The molecular formula is C22H23N3O3S. The number of nitrogens with one attached hydrogen (secondary N) is 1. The van der Waals surface area contributed by atoms with E-state index in [4.69, 9.17) is 4.42 Å². The smallest absolute Gasteiger partial charge is 0.408 e. The van der Waals surface area contributed by atoms with Crippen molar-refractivity contribution >= 4 is 43.7 Å². The fourth-order valence-electron chi connectivity index (χ4n) is 3.36. The molecule has 0 saturated carbocycles. The first-order chi connectivity index (χ1) is 14.1. The van der Waals surface area contributed by atoms with Crippen molar-refractivity contribution in [2.45, 2.75) is 45.6 Å². The molecule has 6 nitrogen and oxygen atoms in total. The van der Waals surface area contributed by atoms with Crippen LogP contribution < -0.4 is 11.1 Å². The van der Waals surface area contributed by atoms with Crippen LogP contribution in [0.3, 0.4) is 0 Å². The largest absolute Gasteiger partial charge is 0.419 e. The number of hydrogen-bond acceptors (Lipinski definition) is 5. The van der Waals surface area contributed by atoms with Crippen LogP contribution in [0.5, 0.6) is 0 Å². The number of thiazole rings is 1. The van der Waals surface area contributed by atoms with Crippen LogP contribution in [-0.2, 0) is 17.8 Å². The predicted molar refractivity (Wildman–Crippen MR) is 117 cm³/mol. The number of aryl methyl sites for hydroxylation is 2. The Balaban J connectivity index is 1.35. The standard InChI is InChI=1S/C22H23N3O3S/c1-2-3-7-15-11-12-16-19(14-15)29-21(23-16)24-20(26)10-6-13-25-17-8-4-5-9-18(17)28-22(25)27/h4-5,8-9,11-12,14H,2-3,6-7,10,13H2,1H3,(H,23,24,26). The van der Waals surface area contributed by atoms with Gasteiger partial charge in [0, 0.05) is 13.0 Å². The highest BCUT2D eigenvalue weighted by Crippen LogP contribution is 2.27. The van der Waals surface area contributed by atoms with Gasteiger partial charge in [-0.2, -0.15) is 0 Å². The van der Waals surface area contributed by atoms with Gasteiger partial charge in [0.1, 0.15) is 0 Å². The van der Waals surface area contributed by atoms with Crippen LogP contribution in [0, 0.1) is 0 Å². The first-order valence-corrected chi connectivity index (χ1v) is 10.7. The summed E-state index contributed by atoms with van der Waals surface area (Å²) in [5.74, 6) is -0.493. The minimum atomic E-state index is -0.392. The number of aromatic nitrogens is 2. The first-order valence-electron chi connectivity index (χ1n) is 9.91. The van der Waals surface area contributed by atoms with Crippen molar-refractivity contribution in [3.63, 3.8) is 0 Å². The van der Waals surface area contributed by atoms with E-state index in [1.807, 2.05) is 24.3 Å². The Labute approximate surface area is 172 Å². The highest BCUT2D eigenvalue weighted by molar-refractivity contribution is 7.22. The zero-order valence-corrected chi connectivity index (χ0v) is 17.1. The second-order valence-corrected chi connectivity index (χ2v) is 8.09. The van der Waals surface area contributed by atoms with Gasteiger partial charge in [-0.25, -0.2) is 9.78 Å². The molecule has 4 rings (SSSR count). The number of benzene rings is 2. The molecule has 0 spiro atoms. The van der Waals surface area contributed by atoms with Gasteiger partial charge in [0.05, 0.1) is 15.7 Å². The molecule has 29 heavy (non-hydrogen) atoms. The van der Waals surface area contributed by atoms with Gasteiger partial charge >= 0.3 is 5.76 Å². The second-order valence-electron chi connectivity index (χ2n) is 7.06. The van der Waals surface area contributed by atoms with E-state index in [0.29, 0.717) is 30.1 Å². The van der Waals surface area contributed by atoms with Crippen molar-refractivity contribution in [2.75, 3.05) is 5.32 Å². The van der Waals surface area contributed by atoms with E-state index in [-0.39, 0.29) is 5.91 Å². The van der Waals surface area contributed by atoms with Crippen molar-refractivity contribution in [1.29, 1.82) is 0 Å². The highest BCUT2D eigenvalue weighted by Gasteiger charge is 2.11. The molecule has 2 aromatic heterocycles. The molecule has 0 aliphatic carbocycles. The fraction of sp³-hybridized carbons (Fsp3) is 0.318. The Morgan fingerprint density at radius 3 is 2.93 bits per heavy atom. The number of oxazole rings is 1. The summed E-state index contributed by atoms with van der Waals surface area (Å²) in [6.07, 6.45) is 4.25. The molecule has 0 saturated heterocycles. The third-order valence-electron chi connectivity index (χ3n) is 4.88. The summed E-state index contributed by atoms with van der Waals surface area (Å²) in [5.41, 5.74) is 3.53. The summed E-state index contributed by atoms with van der Waals surface area (Å²) in [7, 11) is 0. The molecule has 7 heteroatoms.